The van der Waals surface area contributed by atoms with Crippen LogP contribution in [0.1, 0.15) is 71.6 Å². The Balaban J connectivity index is 2.02. The number of amides is 1. The van der Waals surface area contributed by atoms with E-state index < -0.39 is 5.97 Å². The van der Waals surface area contributed by atoms with Crippen LogP contribution in [0.2, 0.25) is 0 Å². The Morgan fingerprint density at radius 3 is 2.54 bits per heavy atom. The largest absolute Gasteiger partial charge is 0.451 e. The van der Waals surface area contributed by atoms with Crippen molar-refractivity contribution in [3.63, 3.8) is 0 Å². The molecule has 0 aromatic carbocycles. The molecule has 24 heavy (non-hydrogen) atoms. The topological polar surface area (TPSA) is 79.5 Å². The molecule has 0 spiro atoms. The highest BCUT2D eigenvalue weighted by atomic mass is 16.5. The first-order chi connectivity index (χ1) is 11.4. The lowest BCUT2D eigenvalue weighted by atomic mass is 10.00. The molecule has 132 valence electrons. The zero-order valence-corrected chi connectivity index (χ0v) is 14.9. The third kappa shape index (κ3) is 3.68. The number of H-pyrrole nitrogens is 1. The number of aryl methyl sites for hydroxylation is 1. The van der Waals surface area contributed by atoms with E-state index >= 15 is 0 Å². The van der Waals surface area contributed by atoms with Gasteiger partial charge in [0, 0.05) is 23.8 Å². The highest BCUT2D eigenvalue weighted by Gasteiger charge is 2.27. The van der Waals surface area contributed by atoms with E-state index in [9.17, 15) is 14.4 Å². The van der Waals surface area contributed by atoms with E-state index in [1.54, 1.807) is 13.8 Å². The molecule has 0 bridgehead atoms. The lowest BCUT2D eigenvalue weighted by Crippen LogP contribution is -2.45. The van der Waals surface area contributed by atoms with Gasteiger partial charge in [0.1, 0.15) is 5.69 Å². The van der Waals surface area contributed by atoms with Gasteiger partial charge in [0.2, 0.25) is 0 Å². The molecule has 1 aromatic rings. The lowest BCUT2D eigenvalue weighted by molar-refractivity contribution is -0.138. The molecule has 1 atom stereocenters. The Kier molecular flexibility index (Phi) is 5.80. The van der Waals surface area contributed by atoms with Crippen LogP contribution in [0, 0.1) is 13.8 Å². The molecule has 6 heteroatoms. The summed E-state index contributed by atoms with van der Waals surface area (Å²) in [6.07, 6.45) is 4.05. The van der Waals surface area contributed by atoms with Gasteiger partial charge in [-0.2, -0.15) is 0 Å². The first-order valence-electron chi connectivity index (χ1n) is 8.53. The number of nitrogens with one attached hydrogen (secondary N) is 1. The molecule has 1 fully saturated rings. The molecule has 1 saturated heterocycles. The molecule has 1 aliphatic heterocycles. The third-order valence-corrected chi connectivity index (χ3v) is 4.74. The van der Waals surface area contributed by atoms with Crippen LogP contribution in [0.3, 0.4) is 0 Å². The number of hydrogen-bond acceptors (Lipinski definition) is 4. The SMILES string of the molecule is CCC1CCCCN1C(=O)COC(=O)c1[nH]c(C)c(C(C)=O)c1C. The van der Waals surface area contributed by atoms with Gasteiger partial charge in [-0.25, -0.2) is 4.79 Å². The van der Waals surface area contributed by atoms with Gasteiger partial charge in [-0.3, -0.25) is 9.59 Å². The number of piperidine rings is 1. The smallest absolute Gasteiger partial charge is 0.355 e. The molecule has 6 nitrogen and oxygen atoms in total. The Hall–Kier alpha value is -2.11. The summed E-state index contributed by atoms with van der Waals surface area (Å²) >= 11 is 0. The molecule has 1 aliphatic rings. The molecular weight excluding hydrogens is 308 g/mol. The maximum atomic E-state index is 12.4. The van der Waals surface area contributed by atoms with Crippen LogP contribution in [0.25, 0.3) is 0 Å². The third-order valence-electron chi connectivity index (χ3n) is 4.74. The number of nitrogens with zero attached hydrogens (tertiary/aromatic N) is 1. The van der Waals surface area contributed by atoms with Gasteiger partial charge in [0.05, 0.1) is 0 Å². The Labute approximate surface area is 142 Å². The number of carbonyl (C=O) groups excluding carboxylic acids is 3. The van der Waals surface area contributed by atoms with Crippen LogP contribution >= 0.6 is 0 Å². The Morgan fingerprint density at radius 2 is 1.96 bits per heavy atom. The van der Waals surface area contributed by atoms with Gasteiger partial charge in [0.15, 0.2) is 12.4 Å². The van der Waals surface area contributed by atoms with E-state index in [4.69, 9.17) is 4.74 Å². The van der Waals surface area contributed by atoms with Crippen LogP contribution in [-0.4, -0.2) is 46.7 Å². The second-order valence-corrected chi connectivity index (χ2v) is 6.40. The molecule has 0 saturated carbocycles. The maximum Gasteiger partial charge on any atom is 0.355 e. The number of esters is 1. The quantitative estimate of drug-likeness (QED) is 0.663. The van der Waals surface area contributed by atoms with Crippen LogP contribution in [-0.2, 0) is 9.53 Å². The minimum Gasteiger partial charge on any atom is -0.451 e. The summed E-state index contributed by atoms with van der Waals surface area (Å²) < 4.78 is 5.19. The Bertz CT molecular complexity index is 648. The highest BCUT2D eigenvalue weighted by Crippen LogP contribution is 2.21. The van der Waals surface area contributed by atoms with Crippen LogP contribution in [0.5, 0.6) is 0 Å². The van der Waals surface area contributed by atoms with Gasteiger partial charge in [0.25, 0.3) is 5.91 Å². The Morgan fingerprint density at radius 1 is 1.25 bits per heavy atom. The highest BCUT2D eigenvalue weighted by molar-refractivity contribution is 6.01. The first-order valence-corrected chi connectivity index (χ1v) is 8.53. The predicted octanol–water partition coefficient (Wildman–Crippen LogP) is 2.78. The fourth-order valence-corrected chi connectivity index (χ4v) is 3.52. The molecule has 2 rings (SSSR count). The van der Waals surface area contributed by atoms with Crippen molar-refractivity contribution in [3.05, 3.63) is 22.5 Å². The van der Waals surface area contributed by atoms with Crippen LogP contribution in [0.15, 0.2) is 0 Å². The van der Waals surface area contributed by atoms with Gasteiger partial charge < -0.3 is 14.6 Å². The number of aromatic nitrogens is 1. The van der Waals surface area contributed by atoms with Crippen molar-refractivity contribution < 1.29 is 19.1 Å². The van der Waals surface area contributed by atoms with E-state index in [2.05, 4.69) is 11.9 Å². The zero-order chi connectivity index (χ0) is 17.9. The molecule has 1 N–H and O–H groups in total. The zero-order valence-electron chi connectivity index (χ0n) is 14.9. The predicted molar refractivity (Wildman–Crippen MR) is 90.2 cm³/mol. The van der Waals surface area contributed by atoms with E-state index in [1.807, 2.05) is 4.90 Å². The number of ketones is 1. The number of ether oxygens (including phenoxy) is 1. The van der Waals surface area contributed by atoms with Crippen molar-refractivity contribution in [1.29, 1.82) is 0 Å². The van der Waals surface area contributed by atoms with Crippen molar-refractivity contribution in [2.24, 2.45) is 0 Å². The average molecular weight is 334 g/mol. The van der Waals surface area contributed by atoms with Crippen LogP contribution < -0.4 is 0 Å². The minimum absolute atomic E-state index is 0.101. The number of hydrogen-bond donors (Lipinski definition) is 1. The summed E-state index contributed by atoms with van der Waals surface area (Å²) in [6.45, 7) is 7.44. The normalized spacial score (nSPS) is 17.7. The summed E-state index contributed by atoms with van der Waals surface area (Å²) in [5.41, 5.74) is 1.97. The second-order valence-electron chi connectivity index (χ2n) is 6.40. The fraction of sp³-hybridized carbons (Fsp3) is 0.611. The van der Waals surface area contributed by atoms with Crippen LogP contribution in [0.4, 0.5) is 0 Å². The lowest BCUT2D eigenvalue weighted by Gasteiger charge is -2.35. The standard InChI is InChI=1S/C18H26N2O4/c1-5-14-8-6-7-9-20(14)15(22)10-24-18(23)17-11(2)16(13(4)21)12(3)19-17/h14,19H,5-10H2,1-4H3. The fourth-order valence-electron chi connectivity index (χ4n) is 3.52. The monoisotopic (exact) mass is 334 g/mol. The minimum atomic E-state index is -0.596. The van der Waals surface area contributed by atoms with Crippen molar-refractivity contribution in [1.82, 2.24) is 9.88 Å². The van der Waals surface area contributed by atoms with Gasteiger partial charge in [-0.15, -0.1) is 0 Å². The summed E-state index contributed by atoms with van der Waals surface area (Å²) in [5, 5.41) is 0. The number of carbonyl (C=O) groups is 3. The van der Waals surface area contributed by atoms with E-state index in [0.29, 0.717) is 16.8 Å². The number of likely N-dealkylation sites (tertiary alicyclic amines) is 1. The summed E-state index contributed by atoms with van der Waals surface area (Å²) in [6, 6.07) is 0.240. The summed E-state index contributed by atoms with van der Waals surface area (Å²) in [5.74, 6) is -0.848. The second kappa shape index (κ2) is 7.64. The van der Waals surface area contributed by atoms with Crippen molar-refractivity contribution in [2.45, 2.75) is 59.4 Å². The maximum absolute atomic E-state index is 12.4. The van der Waals surface area contributed by atoms with E-state index in [-0.39, 0.29) is 30.0 Å². The van der Waals surface area contributed by atoms with Crippen molar-refractivity contribution >= 4 is 17.7 Å². The van der Waals surface area contributed by atoms with Crippen molar-refractivity contribution in [3.8, 4) is 0 Å². The first kappa shape index (κ1) is 18.2. The van der Waals surface area contributed by atoms with E-state index in [1.165, 1.54) is 6.92 Å². The molecule has 1 unspecified atom stereocenters. The number of Topliss-reactive ketones (excluding diaryl/α,β-unsaturated/α-hetero) is 1. The number of rotatable bonds is 5. The molecule has 1 aromatic heterocycles. The molecule has 2 heterocycles. The average Bonchev–Trinajstić information content (AvgIpc) is 2.86. The molecule has 1 amide bonds. The van der Waals surface area contributed by atoms with E-state index in [0.717, 1.165) is 32.2 Å². The number of aromatic amines is 1. The van der Waals surface area contributed by atoms with Gasteiger partial charge in [-0.1, -0.05) is 6.92 Å². The summed E-state index contributed by atoms with van der Waals surface area (Å²) in [4.78, 5) is 41.0. The molecule has 0 aliphatic carbocycles. The van der Waals surface area contributed by atoms with Gasteiger partial charge in [-0.05, 0) is 52.0 Å². The van der Waals surface area contributed by atoms with Crippen molar-refractivity contribution in [2.75, 3.05) is 13.2 Å². The summed E-state index contributed by atoms with van der Waals surface area (Å²) in [7, 11) is 0. The molecule has 0 radical (unpaired) electrons. The molecular formula is C18H26N2O4. The van der Waals surface area contributed by atoms with Gasteiger partial charge >= 0.3 is 5.97 Å².